The maximum absolute atomic E-state index is 5.31. The van der Waals surface area contributed by atoms with Gasteiger partial charge in [-0.25, -0.2) is 9.97 Å². The summed E-state index contributed by atoms with van der Waals surface area (Å²) in [5, 5.41) is 9.03. The van der Waals surface area contributed by atoms with Gasteiger partial charge in [-0.05, 0) is 42.0 Å². The number of fused-ring (bicyclic) bond motifs is 3. The second kappa shape index (κ2) is 7.20. The first-order valence-corrected chi connectivity index (χ1v) is 9.24. The zero-order chi connectivity index (χ0) is 19.6. The molecule has 0 saturated heterocycles. The number of ether oxygens (including phenoxy) is 1. The highest BCUT2D eigenvalue weighted by Gasteiger charge is 2.14. The zero-order valence-electron chi connectivity index (χ0n) is 15.8. The van der Waals surface area contributed by atoms with Gasteiger partial charge in [-0.3, -0.25) is 4.98 Å². The molecule has 29 heavy (non-hydrogen) atoms. The SMILES string of the molecule is COc1cccc(CNc2nc3ccccc3c3nc(-c4cccnc4)nn23)c1. The molecule has 142 valence electrons. The van der Waals surface area contributed by atoms with E-state index < -0.39 is 0 Å². The third kappa shape index (κ3) is 3.23. The topological polar surface area (TPSA) is 77.2 Å². The van der Waals surface area contributed by atoms with Gasteiger partial charge in [0.25, 0.3) is 0 Å². The number of anilines is 1. The van der Waals surface area contributed by atoms with E-state index >= 15 is 0 Å². The minimum Gasteiger partial charge on any atom is -0.497 e. The molecule has 0 aliphatic heterocycles. The molecule has 7 heteroatoms. The molecule has 0 radical (unpaired) electrons. The van der Waals surface area contributed by atoms with Crippen LogP contribution in [-0.2, 0) is 6.54 Å². The monoisotopic (exact) mass is 382 g/mol. The second-order valence-corrected chi connectivity index (χ2v) is 6.57. The fourth-order valence-corrected chi connectivity index (χ4v) is 3.25. The van der Waals surface area contributed by atoms with Crippen LogP contribution in [0.3, 0.4) is 0 Å². The summed E-state index contributed by atoms with van der Waals surface area (Å²) < 4.78 is 7.07. The lowest BCUT2D eigenvalue weighted by atomic mass is 10.2. The van der Waals surface area contributed by atoms with Crippen LogP contribution in [0.5, 0.6) is 5.75 Å². The van der Waals surface area contributed by atoms with Crippen LogP contribution in [0, 0.1) is 0 Å². The van der Waals surface area contributed by atoms with Crippen molar-refractivity contribution in [3.63, 3.8) is 0 Å². The van der Waals surface area contributed by atoms with Gasteiger partial charge < -0.3 is 10.1 Å². The molecule has 0 atom stereocenters. The summed E-state index contributed by atoms with van der Waals surface area (Å²) in [6, 6.07) is 19.7. The summed E-state index contributed by atoms with van der Waals surface area (Å²) >= 11 is 0. The largest absolute Gasteiger partial charge is 0.497 e. The Morgan fingerprint density at radius 3 is 2.79 bits per heavy atom. The normalized spacial score (nSPS) is 11.1. The number of hydrogen-bond donors (Lipinski definition) is 1. The Balaban J connectivity index is 1.60. The lowest BCUT2D eigenvalue weighted by molar-refractivity contribution is 0.414. The minimum atomic E-state index is 0.583. The summed E-state index contributed by atoms with van der Waals surface area (Å²) in [5.74, 6) is 2.06. The summed E-state index contributed by atoms with van der Waals surface area (Å²) in [5.41, 5.74) is 3.56. The molecule has 3 heterocycles. The predicted octanol–water partition coefficient (Wildman–Crippen LogP) is 3.96. The molecule has 0 unspecified atom stereocenters. The number of aromatic nitrogens is 5. The number of nitrogens with one attached hydrogen (secondary N) is 1. The molecule has 5 aromatic rings. The van der Waals surface area contributed by atoms with Gasteiger partial charge in [-0.1, -0.05) is 24.3 Å². The van der Waals surface area contributed by atoms with Crippen LogP contribution in [0.25, 0.3) is 27.9 Å². The molecule has 2 aromatic carbocycles. The van der Waals surface area contributed by atoms with E-state index in [4.69, 9.17) is 19.8 Å². The number of rotatable bonds is 5. The van der Waals surface area contributed by atoms with Gasteiger partial charge in [0.15, 0.2) is 11.5 Å². The zero-order valence-corrected chi connectivity index (χ0v) is 15.8. The van der Waals surface area contributed by atoms with E-state index in [2.05, 4.69) is 10.3 Å². The van der Waals surface area contributed by atoms with E-state index in [-0.39, 0.29) is 0 Å². The van der Waals surface area contributed by atoms with Gasteiger partial charge in [0.05, 0.1) is 12.6 Å². The van der Waals surface area contributed by atoms with Crippen LogP contribution in [0.2, 0.25) is 0 Å². The van der Waals surface area contributed by atoms with Gasteiger partial charge in [-0.2, -0.15) is 4.52 Å². The van der Waals surface area contributed by atoms with Crippen molar-refractivity contribution in [2.45, 2.75) is 6.54 Å². The van der Waals surface area contributed by atoms with Crippen LogP contribution in [0.4, 0.5) is 5.95 Å². The molecule has 0 spiro atoms. The van der Waals surface area contributed by atoms with Gasteiger partial charge in [0.2, 0.25) is 5.95 Å². The molecule has 0 fully saturated rings. The molecule has 1 N–H and O–H groups in total. The van der Waals surface area contributed by atoms with Crippen molar-refractivity contribution in [2.24, 2.45) is 0 Å². The first-order valence-electron chi connectivity index (χ1n) is 9.24. The van der Waals surface area contributed by atoms with E-state index in [1.54, 1.807) is 24.0 Å². The van der Waals surface area contributed by atoms with Crippen molar-refractivity contribution in [2.75, 3.05) is 12.4 Å². The number of benzene rings is 2. The molecule has 0 bridgehead atoms. The summed E-state index contributed by atoms with van der Waals surface area (Å²) in [6.07, 6.45) is 3.49. The Morgan fingerprint density at radius 1 is 1.00 bits per heavy atom. The highest BCUT2D eigenvalue weighted by molar-refractivity contribution is 5.92. The maximum atomic E-state index is 5.31. The fraction of sp³-hybridized carbons (Fsp3) is 0.0909. The Kier molecular flexibility index (Phi) is 4.25. The van der Waals surface area contributed by atoms with E-state index in [1.165, 1.54) is 0 Å². The third-order valence-corrected chi connectivity index (χ3v) is 4.68. The number of pyridine rings is 1. The van der Waals surface area contributed by atoms with Crippen molar-refractivity contribution in [1.29, 1.82) is 0 Å². The molecule has 0 aliphatic rings. The first kappa shape index (κ1) is 17.1. The van der Waals surface area contributed by atoms with E-state index in [0.717, 1.165) is 33.4 Å². The van der Waals surface area contributed by atoms with Crippen molar-refractivity contribution in [3.8, 4) is 17.1 Å². The van der Waals surface area contributed by atoms with E-state index in [1.807, 2.05) is 60.7 Å². The molecular weight excluding hydrogens is 364 g/mol. The average molecular weight is 382 g/mol. The van der Waals surface area contributed by atoms with E-state index in [0.29, 0.717) is 18.3 Å². The Hall–Kier alpha value is -4.00. The molecule has 3 aromatic heterocycles. The maximum Gasteiger partial charge on any atom is 0.226 e. The Bertz CT molecular complexity index is 1300. The van der Waals surface area contributed by atoms with Crippen molar-refractivity contribution >= 4 is 22.5 Å². The van der Waals surface area contributed by atoms with Gasteiger partial charge in [-0.15, -0.1) is 5.10 Å². The van der Waals surface area contributed by atoms with Gasteiger partial charge in [0.1, 0.15) is 5.75 Å². The second-order valence-electron chi connectivity index (χ2n) is 6.57. The highest BCUT2D eigenvalue weighted by atomic mass is 16.5. The van der Waals surface area contributed by atoms with Crippen LogP contribution in [-0.4, -0.2) is 31.7 Å². The number of hydrogen-bond acceptors (Lipinski definition) is 6. The average Bonchev–Trinajstić information content (AvgIpc) is 3.24. The first-order chi connectivity index (χ1) is 14.3. The predicted molar refractivity (Wildman–Crippen MR) is 112 cm³/mol. The van der Waals surface area contributed by atoms with Gasteiger partial charge >= 0.3 is 0 Å². The fourth-order valence-electron chi connectivity index (χ4n) is 3.25. The van der Waals surface area contributed by atoms with E-state index in [9.17, 15) is 0 Å². The smallest absolute Gasteiger partial charge is 0.226 e. The van der Waals surface area contributed by atoms with Crippen LogP contribution in [0.1, 0.15) is 5.56 Å². The lowest BCUT2D eigenvalue weighted by Gasteiger charge is -2.10. The summed E-state index contributed by atoms with van der Waals surface area (Å²) in [6.45, 7) is 0.583. The third-order valence-electron chi connectivity index (χ3n) is 4.68. The molecule has 0 aliphatic carbocycles. The molecule has 0 amide bonds. The minimum absolute atomic E-state index is 0.583. The number of methoxy groups -OCH3 is 1. The Morgan fingerprint density at radius 2 is 1.93 bits per heavy atom. The quantitative estimate of drug-likeness (QED) is 0.496. The van der Waals surface area contributed by atoms with Crippen LogP contribution < -0.4 is 10.1 Å². The highest BCUT2D eigenvalue weighted by Crippen LogP contribution is 2.24. The van der Waals surface area contributed by atoms with Crippen LogP contribution >= 0.6 is 0 Å². The van der Waals surface area contributed by atoms with Crippen molar-refractivity contribution < 1.29 is 4.74 Å². The number of para-hydroxylation sites is 1. The summed E-state index contributed by atoms with van der Waals surface area (Å²) in [7, 11) is 1.66. The van der Waals surface area contributed by atoms with Crippen molar-refractivity contribution in [1.82, 2.24) is 24.6 Å². The van der Waals surface area contributed by atoms with Crippen LogP contribution in [0.15, 0.2) is 73.1 Å². The Labute approximate surface area is 167 Å². The standard InChI is InChI=1S/C22H18N6O/c1-29-17-8-4-6-15(12-17)13-24-22-25-19-10-3-2-9-18(19)21-26-20(27-28(21)22)16-7-5-11-23-14-16/h2-12,14H,13H2,1H3,(H,24,25). The van der Waals surface area contributed by atoms with Crippen molar-refractivity contribution in [3.05, 3.63) is 78.6 Å². The molecular formula is C22H18N6O. The summed E-state index contributed by atoms with van der Waals surface area (Å²) in [4.78, 5) is 13.7. The molecule has 5 rings (SSSR count). The molecule has 7 nitrogen and oxygen atoms in total. The lowest BCUT2D eigenvalue weighted by Crippen LogP contribution is -2.08. The van der Waals surface area contributed by atoms with Gasteiger partial charge in [0, 0.05) is 29.9 Å². The molecule has 0 saturated carbocycles. The number of nitrogens with zero attached hydrogens (tertiary/aromatic N) is 5.